The zero-order valence-electron chi connectivity index (χ0n) is 9.87. The predicted octanol–water partition coefficient (Wildman–Crippen LogP) is 2.18. The van der Waals surface area contributed by atoms with Gasteiger partial charge < -0.3 is 5.73 Å². The Kier molecular flexibility index (Phi) is 3.40. The van der Waals surface area contributed by atoms with Crippen LogP contribution < -0.4 is 11.1 Å². The van der Waals surface area contributed by atoms with Gasteiger partial charge in [0.05, 0.1) is 0 Å². The number of hydrogen-bond donors (Lipinski definition) is 2. The van der Waals surface area contributed by atoms with E-state index in [0.29, 0.717) is 17.5 Å². The number of carbonyl (C=O) groups is 1. The summed E-state index contributed by atoms with van der Waals surface area (Å²) in [7, 11) is 0. The fourth-order valence-electron chi connectivity index (χ4n) is 2.11. The molecule has 1 aromatic rings. The molecule has 3 N–H and O–H groups in total. The van der Waals surface area contributed by atoms with Crippen molar-refractivity contribution < 1.29 is 4.79 Å². The zero-order chi connectivity index (χ0) is 12.5. The first-order chi connectivity index (χ1) is 8.08. The van der Waals surface area contributed by atoms with Gasteiger partial charge in [-0.3, -0.25) is 10.1 Å². The first-order valence-electron chi connectivity index (χ1n) is 5.92. The van der Waals surface area contributed by atoms with Crippen LogP contribution in [0.2, 0.25) is 5.02 Å². The molecule has 1 saturated carbocycles. The Hall–Kier alpha value is -1.06. The van der Waals surface area contributed by atoms with Crippen LogP contribution in [-0.2, 0) is 10.3 Å². The number of benzene rings is 1. The van der Waals surface area contributed by atoms with E-state index in [0.717, 1.165) is 18.4 Å². The van der Waals surface area contributed by atoms with Crippen LogP contribution in [0.25, 0.3) is 0 Å². The number of primary amides is 1. The molecule has 1 unspecified atom stereocenters. The van der Waals surface area contributed by atoms with E-state index in [-0.39, 0.29) is 5.91 Å². The first-order valence-corrected chi connectivity index (χ1v) is 6.30. The molecular weight excluding hydrogens is 236 g/mol. The molecule has 92 valence electrons. The molecule has 17 heavy (non-hydrogen) atoms. The van der Waals surface area contributed by atoms with Gasteiger partial charge in [-0.1, -0.05) is 30.7 Å². The van der Waals surface area contributed by atoms with Gasteiger partial charge in [0.15, 0.2) is 0 Å². The smallest absolute Gasteiger partial charge is 0.242 e. The lowest BCUT2D eigenvalue weighted by Crippen LogP contribution is -2.53. The van der Waals surface area contributed by atoms with Crippen LogP contribution in [-0.4, -0.2) is 11.9 Å². The van der Waals surface area contributed by atoms with Crippen molar-refractivity contribution in [1.82, 2.24) is 5.32 Å². The topological polar surface area (TPSA) is 55.1 Å². The van der Waals surface area contributed by atoms with Crippen LogP contribution in [0.5, 0.6) is 0 Å². The molecule has 1 amide bonds. The maximum atomic E-state index is 11.8. The van der Waals surface area contributed by atoms with E-state index in [9.17, 15) is 4.79 Å². The van der Waals surface area contributed by atoms with E-state index in [1.54, 1.807) is 6.07 Å². The van der Waals surface area contributed by atoms with Crippen LogP contribution in [0.3, 0.4) is 0 Å². The minimum absolute atomic E-state index is 0.339. The molecule has 1 aliphatic carbocycles. The molecule has 1 aliphatic rings. The highest BCUT2D eigenvalue weighted by molar-refractivity contribution is 6.30. The van der Waals surface area contributed by atoms with Crippen molar-refractivity contribution in [3.8, 4) is 0 Å². The van der Waals surface area contributed by atoms with Crippen LogP contribution in [0.1, 0.15) is 31.7 Å². The van der Waals surface area contributed by atoms with Crippen molar-refractivity contribution in [3.05, 3.63) is 34.9 Å². The number of rotatable bonds is 5. The van der Waals surface area contributed by atoms with Gasteiger partial charge in [0.25, 0.3) is 0 Å². The van der Waals surface area contributed by atoms with Gasteiger partial charge in [-0.05, 0) is 37.0 Å². The van der Waals surface area contributed by atoms with E-state index in [2.05, 4.69) is 5.32 Å². The fraction of sp³-hybridized carbons (Fsp3) is 0.462. The largest absolute Gasteiger partial charge is 0.368 e. The van der Waals surface area contributed by atoms with E-state index in [1.165, 1.54) is 0 Å². The molecular formula is C13H17ClN2O. The lowest BCUT2D eigenvalue weighted by molar-refractivity contribution is -0.125. The minimum atomic E-state index is -0.786. The standard InChI is InChI=1S/C13H17ClN2O/c1-2-13(12(15)17,16-11-6-7-11)9-4-3-5-10(14)8-9/h3-5,8,11,16H,2,6-7H2,1H3,(H2,15,17). The van der Waals surface area contributed by atoms with E-state index in [1.807, 2.05) is 25.1 Å². The molecule has 0 radical (unpaired) electrons. The molecule has 0 aliphatic heterocycles. The van der Waals surface area contributed by atoms with Gasteiger partial charge >= 0.3 is 0 Å². The summed E-state index contributed by atoms with van der Waals surface area (Å²) < 4.78 is 0. The molecule has 0 saturated heterocycles. The summed E-state index contributed by atoms with van der Waals surface area (Å²) in [4.78, 5) is 11.8. The molecule has 1 aromatic carbocycles. The van der Waals surface area contributed by atoms with Crippen molar-refractivity contribution in [2.24, 2.45) is 5.73 Å². The van der Waals surface area contributed by atoms with Crippen LogP contribution in [0.15, 0.2) is 24.3 Å². The van der Waals surface area contributed by atoms with Crippen molar-refractivity contribution in [2.45, 2.75) is 37.8 Å². The van der Waals surface area contributed by atoms with Crippen molar-refractivity contribution in [3.63, 3.8) is 0 Å². The third-order valence-corrected chi connectivity index (χ3v) is 3.53. The molecule has 0 spiro atoms. The van der Waals surface area contributed by atoms with Gasteiger partial charge in [-0.15, -0.1) is 0 Å². The van der Waals surface area contributed by atoms with Gasteiger partial charge in [0.2, 0.25) is 5.91 Å². The van der Waals surface area contributed by atoms with Crippen LogP contribution in [0.4, 0.5) is 0 Å². The Morgan fingerprint density at radius 2 is 2.29 bits per heavy atom. The van der Waals surface area contributed by atoms with E-state index >= 15 is 0 Å². The Bertz CT molecular complexity index is 431. The summed E-state index contributed by atoms with van der Waals surface area (Å²) in [5.41, 5.74) is 5.66. The van der Waals surface area contributed by atoms with Gasteiger partial charge in [0.1, 0.15) is 5.54 Å². The number of halogens is 1. The lowest BCUT2D eigenvalue weighted by Gasteiger charge is -2.31. The SMILES string of the molecule is CCC(NC1CC1)(C(N)=O)c1cccc(Cl)c1. The second-order valence-corrected chi connectivity index (χ2v) is 4.99. The highest BCUT2D eigenvalue weighted by Gasteiger charge is 2.41. The van der Waals surface area contributed by atoms with E-state index in [4.69, 9.17) is 17.3 Å². The quantitative estimate of drug-likeness (QED) is 0.844. The Morgan fingerprint density at radius 3 is 2.76 bits per heavy atom. The molecule has 0 bridgehead atoms. The summed E-state index contributed by atoms with van der Waals surface area (Å²) in [5.74, 6) is -0.339. The number of nitrogens with one attached hydrogen (secondary N) is 1. The summed E-state index contributed by atoms with van der Waals surface area (Å²) in [5, 5.41) is 3.99. The molecule has 1 fully saturated rings. The second-order valence-electron chi connectivity index (χ2n) is 4.55. The molecule has 1 atom stereocenters. The minimum Gasteiger partial charge on any atom is -0.368 e. The first kappa shape index (κ1) is 12.4. The van der Waals surface area contributed by atoms with Crippen LogP contribution in [0, 0.1) is 0 Å². The fourth-order valence-corrected chi connectivity index (χ4v) is 2.30. The van der Waals surface area contributed by atoms with Crippen molar-refractivity contribution >= 4 is 17.5 Å². The Balaban J connectivity index is 2.39. The summed E-state index contributed by atoms with van der Waals surface area (Å²) in [6, 6.07) is 7.76. The number of hydrogen-bond acceptors (Lipinski definition) is 2. The number of carbonyl (C=O) groups excluding carboxylic acids is 1. The maximum Gasteiger partial charge on any atom is 0.242 e. The van der Waals surface area contributed by atoms with E-state index < -0.39 is 5.54 Å². The number of amides is 1. The third-order valence-electron chi connectivity index (χ3n) is 3.30. The Morgan fingerprint density at radius 1 is 1.59 bits per heavy atom. The molecule has 0 aromatic heterocycles. The monoisotopic (exact) mass is 252 g/mol. The summed E-state index contributed by atoms with van der Waals surface area (Å²) in [6.45, 7) is 1.96. The predicted molar refractivity (Wildman–Crippen MR) is 68.8 cm³/mol. The summed E-state index contributed by atoms with van der Waals surface area (Å²) >= 11 is 5.98. The molecule has 4 heteroatoms. The second kappa shape index (κ2) is 4.67. The average molecular weight is 253 g/mol. The molecule has 0 heterocycles. The van der Waals surface area contributed by atoms with Gasteiger partial charge in [0, 0.05) is 11.1 Å². The van der Waals surface area contributed by atoms with Gasteiger partial charge in [-0.2, -0.15) is 0 Å². The van der Waals surface area contributed by atoms with Crippen LogP contribution >= 0.6 is 11.6 Å². The highest BCUT2D eigenvalue weighted by Crippen LogP contribution is 2.32. The third kappa shape index (κ3) is 2.45. The zero-order valence-corrected chi connectivity index (χ0v) is 10.6. The molecule has 3 nitrogen and oxygen atoms in total. The highest BCUT2D eigenvalue weighted by atomic mass is 35.5. The maximum absolute atomic E-state index is 11.8. The lowest BCUT2D eigenvalue weighted by atomic mass is 9.86. The normalized spacial score (nSPS) is 18.7. The Labute approximate surface area is 106 Å². The molecule has 2 rings (SSSR count). The van der Waals surface area contributed by atoms with Crippen molar-refractivity contribution in [1.29, 1.82) is 0 Å². The summed E-state index contributed by atoms with van der Waals surface area (Å²) in [6.07, 6.45) is 2.84. The van der Waals surface area contributed by atoms with Crippen molar-refractivity contribution in [2.75, 3.05) is 0 Å². The number of nitrogens with two attached hydrogens (primary N) is 1. The average Bonchev–Trinajstić information content (AvgIpc) is 3.09. The van der Waals surface area contributed by atoms with Gasteiger partial charge in [-0.25, -0.2) is 0 Å².